The van der Waals surface area contributed by atoms with Crippen LogP contribution < -0.4 is 5.32 Å². The van der Waals surface area contributed by atoms with Gasteiger partial charge in [-0.25, -0.2) is 13.4 Å². The molecule has 0 saturated carbocycles. The molecule has 1 aliphatic heterocycles. The normalized spacial score (nSPS) is 13.8. The van der Waals surface area contributed by atoms with E-state index in [-0.39, 0.29) is 29.6 Å². The van der Waals surface area contributed by atoms with Gasteiger partial charge < -0.3 is 10.2 Å². The largest absolute Gasteiger partial charge is 0.338 e. The van der Waals surface area contributed by atoms with Crippen LogP contribution in [0.2, 0.25) is 0 Å². The van der Waals surface area contributed by atoms with E-state index in [1.165, 1.54) is 23.0 Å². The van der Waals surface area contributed by atoms with Gasteiger partial charge in [0.15, 0.2) is 15.0 Å². The summed E-state index contributed by atoms with van der Waals surface area (Å²) in [5, 5.41) is 3.10. The minimum Gasteiger partial charge on any atom is -0.338 e. The quantitative estimate of drug-likeness (QED) is 0.654. The highest BCUT2D eigenvalue weighted by Crippen LogP contribution is 2.28. The van der Waals surface area contributed by atoms with E-state index in [2.05, 4.69) is 16.4 Å². The van der Waals surface area contributed by atoms with Crippen molar-refractivity contribution in [2.45, 2.75) is 30.7 Å². The molecule has 1 aliphatic rings. The number of amides is 2. The Labute approximate surface area is 178 Å². The molecular formula is C21H21N3O4S2. The lowest BCUT2D eigenvalue weighted by atomic mass is 9.99. The summed E-state index contributed by atoms with van der Waals surface area (Å²) in [6.07, 6.45) is 2.18. The first-order chi connectivity index (χ1) is 14.3. The summed E-state index contributed by atoms with van der Waals surface area (Å²) < 4.78 is 24.1. The molecule has 0 bridgehead atoms. The van der Waals surface area contributed by atoms with Gasteiger partial charge in [-0.3, -0.25) is 9.59 Å². The number of benzene rings is 2. The number of rotatable bonds is 5. The zero-order valence-corrected chi connectivity index (χ0v) is 18.1. The third kappa shape index (κ3) is 4.52. The minimum absolute atomic E-state index is 0.0400. The number of nitrogens with one attached hydrogen (secondary N) is 1. The molecule has 2 heterocycles. The maximum atomic E-state index is 12.5. The number of hydrogen-bond donors (Lipinski definition) is 1. The van der Waals surface area contributed by atoms with Crippen molar-refractivity contribution in [1.29, 1.82) is 0 Å². The highest BCUT2D eigenvalue weighted by molar-refractivity contribution is 7.90. The Kier molecular flexibility index (Phi) is 5.57. The van der Waals surface area contributed by atoms with Crippen molar-refractivity contribution in [3.63, 3.8) is 0 Å². The van der Waals surface area contributed by atoms with Crippen molar-refractivity contribution in [2.75, 3.05) is 18.1 Å². The number of carbonyl (C=O) groups excluding carboxylic acids is 2. The topological polar surface area (TPSA) is 96.4 Å². The van der Waals surface area contributed by atoms with E-state index in [1.54, 1.807) is 17.0 Å². The molecule has 7 nitrogen and oxygen atoms in total. The third-order valence-corrected chi connectivity index (χ3v) is 7.13. The molecule has 1 aromatic heterocycles. The van der Waals surface area contributed by atoms with Gasteiger partial charge in [0.1, 0.15) is 0 Å². The first kappa shape index (κ1) is 20.5. The molecule has 0 aliphatic carbocycles. The van der Waals surface area contributed by atoms with Gasteiger partial charge >= 0.3 is 0 Å². The van der Waals surface area contributed by atoms with Crippen LogP contribution in [0.4, 0.5) is 5.13 Å². The summed E-state index contributed by atoms with van der Waals surface area (Å²) in [6.45, 7) is 1.25. The van der Waals surface area contributed by atoms with E-state index >= 15 is 0 Å². The first-order valence-corrected chi connectivity index (χ1v) is 12.3. The SMILES string of the molecule is CS(=O)(=O)c1ccc2nc(NC(=O)CCC(=O)N3CCc4ccccc4C3)sc2c1. The zero-order valence-electron chi connectivity index (χ0n) is 16.4. The average Bonchev–Trinajstić information content (AvgIpc) is 3.12. The number of anilines is 1. The zero-order chi connectivity index (χ0) is 21.3. The smallest absolute Gasteiger partial charge is 0.226 e. The van der Waals surface area contributed by atoms with E-state index in [0.717, 1.165) is 18.2 Å². The van der Waals surface area contributed by atoms with Crippen LogP contribution in [0.1, 0.15) is 24.0 Å². The summed E-state index contributed by atoms with van der Waals surface area (Å²) in [4.78, 5) is 31.1. The molecule has 0 atom stereocenters. The number of aromatic nitrogens is 1. The lowest BCUT2D eigenvalue weighted by molar-refractivity contribution is -0.133. The molecule has 0 saturated heterocycles. The van der Waals surface area contributed by atoms with Gasteiger partial charge in [-0.2, -0.15) is 0 Å². The lowest BCUT2D eigenvalue weighted by Gasteiger charge is -2.28. The van der Waals surface area contributed by atoms with E-state index in [4.69, 9.17) is 0 Å². The highest BCUT2D eigenvalue weighted by Gasteiger charge is 2.21. The van der Waals surface area contributed by atoms with Gasteiger partial charge in [0.2, 0.25) is 11.8 Å². The molecule has 2 aromatic carbocycles. The van der Waals surface area contributed by atoms with Crippen LogP contribution in [-0.2, 0) is 32.4 Å². The Balaban J connectivity index is 1.34. The Morgan fingerprint density at radius 2 is 1.90 bits per heavy atom. The number of thiazole rings is 1. The molecule has 30 heavy (non-hydrogen) atoms. The van der Waals surface area contributed by atoms with Crippen molar-refractivity contribution in [1.82, 2.24) is 9.88 Å². The van der Waals surface area contributed by atoms with Crippen molar-refractivity contribution in [3.05, 3.63) is 53.6 Å². The fourth-order valence-electron chi connectivity index (χ4n) is 3.46. The van der Waals surface area contributed by atoms with E-state index in [9.17, 15) is 18.0 Å². The molecule has 156 valence electrons. The Bertz CT molecular complexity index is 1230. The molecule has 2 amide bonds. The molecule has 0 fully saturated rings. The van der Waals surface area contributed by atoms with E-state index in [0.29, 0.717) is 28.4 Å². The average molecular weight is 444 g/mol. The van der Waals surface area contributed by atoms with Crippen LogP contribution >= 0.6 is 11.3 Å². The summed E-state index contributed by atoms with van der Waals surface area (Å²) in [5.41, 5.74) is 3.05. The van der Waals surface area contributed by atoms with E-state index < -0.39 is 9.84 Å². The van der Waals surface area contributed by atoms with Crippen LogP contribution in [-0.4, -0.2) is 42.9 Å². The Morgan fingerprint density at radius 1 is 1.13 bits per heavy atom. The molecular weight excluding hydrogens is 422 g/mol. The highest BCUT2D eigenvalue weighted by atomic mass is 32.2. The second-order valence-electron chi connectivity index (χ2n) is 7.30. The second kappa shape index (κ2) is 8.16. The van der Waals surface area contributed by atoms with Gasteiger partial charge in [-0.1, -0.05) is 35.6 Å². The Hall–Kier alpha value is -2.78. The predicted molar refractivity (Wildman–Crippen MR) is 116 cm³/mol. The number of sulfone groups is 1. The molecule has 0 spiro atoms. The fraction of sp³-hybridized carbons (Fsp3) is 0.286. The van der Waals surface area contributed by atoms with Crippen molar-refractivity contribution in [3.8, 4) is 0 Å². The van der Waals surface area contributed by atoms with E-state index in [1.807, 2.05) is 18.2 Å². The number of carbonyl (C=O) groups is 2. The molecule has 4 rings (SSSR count). The molecule has 0 radical (unpaired) electrons. The van der Waals surface area contributed by atoms with Crippen LogP contribution in [0.3, 0.4) is 0 Å². The summed E-state index contributed by atoms with van der Waals surface area (Å²) in [7, 11) is -3.31. The van der Waals surface area contributed by atoms with Gasteiger partial charge in [0.25, 0.3) is 0 Å². The standard InChI is InChI=1S/C21H21N3O4S2/c1-30(27,28)16-6-7-17-18(12-16)29-21(22-17)23-19(25)8-9-20(26)24-11-10-14-4-2-3-5-15(14)13-24/h2-7,12H,8-11,13H2,1H3,(H,22,23,25). The molecule has 0 unspecified atom stereocenters. The van der Waals surface area contributed by atoms with Gasteiger partial charge in [-0.05, 0) is 35.7 Å². The monoisotopic (exact) mass is 443 g/mol. The molecule has 3 aromatic rings. The van der Waals surface area contributed by atoms with Gasteiger partial charge in [0.05, 0.1) is 15.1 Å². The fourth-order valence-corrected chi connectivity index (χ4v) is 5.10. The molecule has 1 N–H and O–H groups in total. The van der Waals surface area contributed by atoms with Crippen molar-refractivity contribution < 1.29 is 18.0 Å². The molecule has 9 heteroatoms. The maximum absolute atomic E-state index is 12.5. The van der Waals surface area contributed by atoms with Gasteiger partial charge in [-0.15, -0.1) is 0 Å². The summed E-state index contributed by atoms with van der Waals surface area (Å²) >= 11 is 1.21. The van der Waals surface area contributed by atoms with Crippen LogP contribution in [0.15, 0.2) is 47.4 Å². The van der Waals surface area contributed by atoms with Crippen LogP contribution in [0, 0.1) is 0 Å². The number of fused-ring (bicyclic) bond motifs is 2. The van der Waals surface area contributed by atoms with Crippen LogP contribution in [0.25, 0.3) is 10.2 Å². The summed E-state index contributed by atoms with van der Waals surface area (Å²) in [5.74, 6) is -0.329. The van der Waals surface area contributed by atoms with Crippen molar-refractivity contribution in [2.24, 2.45) is 0 Å². The Morgan fingerprint density at radius 3 is 2.67 bits per heavy atom. The number of hydrogen-bond acceptors (Lipinski definition) is 6. The maximum Gasteiger partial charge on any atom is 0.226 e. The first-order valence-electron chi connectivity index (χ1n) is 9.55. The second-order valence-corrected chi connectivity index (χ2v) is 10.3. The number of nitrogens with zero attached hydrogens (tertiary/aromatic N) is 2. The third-order valence-electron chi connectivity index (χ3n) is 5.08. The lowest BCUT2D eigenvalue weighted by Crippen LogP contribution is -2.36. The van der Waals surface area contributed by atoms with Gasteiger partial charge in [0, 0.05) is 32.2 Å². The van der Waals surface area contributed by atoms with Crippen LogP contribution in [0.5, 0.6) is 0 Å². The summed E-state index contributed by atoms with van der Waals surface area (Å²) in [6, 6.07) is 12.8. The van der Waals surface area contributed by atoms with Crippen molar-refractivity contribution >= 4 is 48.3 Å². The predicted octanol–water partition coefficient (Wildman–Crippen LogP) is 3.00. The minimum atomic E-state index is -3.31.